The second-order valence-corrected chi connectivity index (χ2v) is 8.66. The summed E-state index contributed by atoms with van der Waals surface area (Å²) in [6, 6.07) is 10.5. The SMILES string of the molecule is Cn1cc(-c2ccc(CC(C)(C)C)cc2)cc1C(=O)OC(C)(C)C. The van der Waals surface area contributed by atoms with Gasteiger partial charge in [-0.1, -0.05) is 45.0 Å². The van der Waals surface area contributed by atoms with Gasteiger partial charge in [-0.3, -0.25) is 0 Å². The lowest BCUT2D eigenvalue weighted by atomic mass is 9.88. The van der Waals surface area contributed by atoms with E-state index in [9.17, 15) is 4.79 Å². The third-order valence-electron chi connectivity index (χ3n) is 3.63. The summed E-state index contributed by atoms with van der Waals surface area (Å²) in [5.41, 5.74) is 3.82. The Kier molecular flexibility index (Phi) is 4.93. The highest BCUT2D eigenvalue weighted by Crippen LogP contribution is 2.26. The first-order valence-electron chi connectivity index (χ1n) is 8.44. The molecule has 0 spiro atoms. The van der Waals surface area contributed by atoms with Gasteiger partial charge in [-0.2, -0.15) is 0 Å². The van der Waals surface area contributed by atoms with E-state index in [0.717, 1.165) is 17.5 Å². The molecule has 24 heavy (non-hydrogen) atoms. The number of esters is 1. The van der Waals surface area contributed by atoms with Crippen molar-refractivity contribution in [2.24, 2.45) is 12.5 Å². The Morgan fingerprint density at radius 1 is 1.00 bits per heavy atom. The Labute approximate surface area is 145 Å². The van der Waals surface area contributed by atoms with Crippen LogP contribution in [0, 0.1) is 5.41 Å². The van der Waals surface area contributed by atoms with Crippen molar-refractivity contribution >= 4 is 5.97 Å². The van der Waals surface area contributed by atoms with Crippen LogP contribution in [-0.2, 0) is 18.2 Å². The van der Waals surface area contributed by atoms with E-state index < -0.39 is 5.60 Å². The van der Waals surface area contributed by atoms with Crippen molar-refractivity contribution in [3.8, 4) is 11.1 Å². The normalized spacial score (nSPS) is 12.3. The largest absolute Gasteiger partial charge is 0.455 e. The topological polar surface area (TPSA) is 31.2 Å². The molecule has 0 atom stereocenters. The maximum Gasteiger partial charge on any atom is 0.355 e. The van der Waals surface area contributed by atoms with Gasteiger partial charge < -0.3 is 9.30 Å². The van der Waals surface area contributed by atoms with Crippen LogP contribution in [0.4, 0.5) is 0 Å². The number of hydrogen-bond donors (Lipinski definition) is 0. The number of ether oxygens (including phenoxy) is 1. The highest BCUT2D eigenvalue weighted by molar-refractivity contribution is 5.90. The molecule has 0 saturated carbocycles. The third-order valence-corrected chi connectivity index (χ3v) is 3.63. The number of carbonyl (C=O) groups excluding carboxylic acids is 1. The predicted octanol–water partition coefficient (Wildman–Crippen LogP) is 5.24. The molecule has 0 bridgehead atoms. The Hall–Kier alpha value is -2.03. The van der Waals surface area contributed by atoms with E-state index in [-0.39, 0.29) is 11.4 Å². The smallest absolute Gasteiger partial charge is 0.355 e. The Morgan fingerprint density at radius 2 is 1.58 bits per heavy atom. The molecule has 0 radical (unpaired) electrons. The van der Waals surface area contributed by atoms with Crippen molar-refractivity contribution in [3.63, 3.8) is 0 Å². The molecule has 0 aliphatic rings. The van der Waals surface area contributed by atoms with Crippen LogP contribution < -0.4 is 0 Å². The van der Waals surface area contributed by atoms with Gasteiger partial charge in [0.05, 0.1) is 0 Å². The number of carbonyl (C=O) groups is 1. The standard InChI is InChI=1S/C21H29NO2/c1-20(2,3)13-15-8-10-16(11-9-15)17-12-18(22(7)14-17)19(23)24-21(4,5)6/h8-12,14H,13H2,1-7H3. The molecule has 0 saturated heterocycles. The molecule has 130 valence electrons. The molecule has 2 rings (SSSR count). The Morgan fingerprint density at radius 3 is 2.08 bits per heavy atom. The van der Waals surface area contributed by atoms with Crippen LogP contribution in [0.1, 0.15) is 57.6 Å². The van der Waals surface area contributed by atoms with Crippen LogP contribution in [0.2, 0.25) is 0 Å². The second-order valence-electron chi connectivity index (χ2n) is 8.66. The minimum absolute atomic E-state index is 0.276. The third kappa shape index (κ3) is 4.98. The van der Waals surface area contributed by atoms with Crippen molar-refractivity contribution in [1.29, 1.82) is 0 Å². The fourth-order valence-corrected chi connectivity index (χ4v) is 2.68. The van der Waals surface area contributed by atoms with Crippen LogP contribution in [-0.4, -0.2) is 16.1 Å². The molecule has 1 heterocycles. The molecule has 0 amide bonds. The quantitative estimate of drug-likeness (QED) is 0.722. The van der Waals surface area contributed by atoms with Gasteiger partial charge >= 0.3 is 5.97 Å². The molecule has 0 aliphatic carbocycles. The lowest BCUT2D eigenvalue weighted by Gasteiger charge is -2.19. The summed E-state index contributed by atoms with van der Waals surface area (Å²) in [6.45, 7) is 12.4. The van der Waals surface area contributed by atoms with Gasteiger partial charge in [0.2, 0.25) is 0 Å². The first kappa shape index (κ1) is 18.3. The summed E-state index contributed by atoms with van der Waals surface area (Å²) >= 11 is 0. The number of nitrogens with zero attached hydrogens (tertiary/aromatic N) is 1. The maximum atomic E-state index is 12.3. The number of rotatable bonds is 3. The van der Waals surface area contributed by atoms with E-state index in [1.807, 2.05) is 44.6 Å². The van der Waals surface area contributed by atoms with Crippen LogP contribution >= 0.6 is 0 Å². The van der Waals surface area contributed by atoms with Crippen LogP contribution in [0.5, 0.6) is 0 Å². The van der Waals surface area contributed by atoms with Gasteiger partial charge in [-0.25, -0.2) is 4.79 Å². The highest BCUT2D eigenvalue weighted by atomic mass is 16.6. The molecule has 0 unspecified atom stereocenters. The van der Waals surface area contributed by atoms with Crippen molar-refractivity contribution in [2.75, 3.05) is 0 Å². The average Bonchev–Trinajstić information content (AvgIpc) is 2.78. The van der Waals surface area contributed by atoms with Crippen molar-refractivity contribution in [1.82, 2.24) is 4.57 Å². The summed E-state index contributed by atoms with van der Waals surface area (Å²) in [7, 11) is 1.87. The number of hydrogen-bond acceptors (Lipinski definition) is 2. The average molecular weight is 327 g/mol. The maximum absolute atomic E-state index is 12.3. The summed E-state index contributed by atoms with van der Waals surface area (Å²) < 4.78 is 7.29. The van der Waals surface area contributed by atoms with Gasteiger partial charge in [-0.05, 0) is 49.8 Å². The zero-order valence-electron chi connectivity index (χ0n) is 15.9. The number of aryl methyl sites for hydroxylation is 1. The lowest BCUT2D eigenvalue weighted by Crippen LogP contribution is -2.25. The molecule has 0 aliphatic heterocycles. The monoisotopic (exact) mass is 327 g/mol. The van der Waals surface area contributed by atoms with E-state index in [1.165, 1.54) is 5.56 Å². The highest BCUT2D eigenvalue weighted by Gasteiger charge is 2.21. The fraction of sp³-hybridized carbons (Fsp3) is 0.476. The first-order chi connectivity index (χ1) is 10.9. The summed E-state index contributed by atoms with van der Waals surface area (Å²) in [5, 5.41) is 0. The first-order valence-corrected chi connectivity index (χ1v) is 8.44. The summed E-state index contributed by atoms with van der Waals surface area (Å²) in [6.07, 6.45) is 3.02. The van der Waals surface area contributed by atoms with E-state index in [0.29, 0.717) is 5.69 Å². The molecular formula is C21H29NO2. The van der Waals surface area contributed by atoms with Crippen molar-refractivity contribution in [2.45, 2.75) is 53.6 Å². The fourth-order valence-electron chi connectivity index (χ4n) is 2.68. The predicted molar refractivity (Wildman–Crippen MR) is 99.2 cm³/mol. The van der Waals surface area contributed by atoms with Crippen molar-refractivity contribution < 1.29 is 9.53 Å². The van der Waals surface area contributed by atoms with E-state index in [1.54, 1.807) is 0 Å². The minimum atomic E-state index is -0.490. The number of aromatic nitrogens is 1. The van der Waals surface area contributed by atoms with Gasteiger partial charge in [0, 0.05) is 18.8 Å². The van der Waals surface area contributed by atoms with Gasteiger partial charge in [0.15, 0.2) is 0 Å². The summed E-state index contributed by atoms with van der Waals surface area (Å²) in [5.74, 6) is -0.291. The van der Waals surface area contributed by atoms with Crippen LogP contribution in [0.15, 0.2) is 36.5 Å². The second kappa shape index (κ2) is 6.46. The van der Waals surface area contributed by atoms with E-state index in [4.69, 9.17) is 4.74 Å². The van der Waals surface area contributed by atoms with Gasteiger partial charge in [0.25, 0.3) is 0 Å². The number of benzene rings is 1. The lowest BCUT2D eigenvalue weighted by molar-refractivity contribution is 0.00590. The van der Waals surface area contributed by atoms with Gasteiger partial charge in [-0.15, -0.1) is 0 Å². The molecule has 1 aromatic heterocycles. The molecule has 3 nitrogen and oxygen atoms in total. The van der Waals surface area contributed by atoms with Crippen molar-refractivity contribution in [3.05, 3.63) is 47.8 Å². The zero-order chi connectivity index (χ0) is 18.1. The Balaban J connectivity index is 2.22. The Bertz CT molecular complexity index is 710. The summed E-state index contributed by atoms with van der Waals surface area (Å²) in [4.78, 5) is 12.3. The van der Waals surface area contributed by atoms with E-state index in [2.05, 4.69) is 45.0 Å². The molecule has 0 fully saturated rings. The van der Waals surface area contributed by atoms with Crippen LogP contribution in [0.3, 0.4) is 0 Å². The molecule has 3 heteroatoms. The molecule has 0 N–H and O–H groups in total. The zero-order valence-corrected chi connectivity index (χ0v) is 15.9. The van der Waals surface area contributed by atoms with Crippen LogP contribution in [0.25, 0.3) is 11.1 Å². The molecular weight excluding hydrogens is 298 g/mol. The van der Waals surface area contributed by atoms with E-state index >= 15 is 0 Å². The van der Waals surface area contributed by atoms with Gasteiger partial charge in [0.1, 0.15) is 11.3 Å². The molecule has 1 aromatic carbocycles. The minimum Gasteiger partial charge on any atom is -0.455 e. The molecule has 2 aromatic rings.